The molecule has 0 saturated heterocycles. The molecule has 4 aliphatic rings. The molecule has 1 aromatic rings. The van der Waals surface area contributed by atoms with E-state index in [1.807, 2.05) is 10.8 Å². The van der Waals surface area contributed by atoms with Crippen LogP contribution in [-0.4, -0.2) is 39.8 Å². The molecule has 5 nitrogen and oxygen atoms in total. The van der Waals surface area contributed by atoms with Crippen molar-refractivity contribution in [2.45, 2.75) is 83.8 Å². The molecule has 5 heteroatoms. The predicted molar refractivity (Wildman–Crippen MR) is 119 cm³/mol. The summed E-state index contributed by atoms with van der Waals surface area (Å²) in [5.74, 6) is 3.39. The Bertz CT molecular complexity index is 810. The molecule has 0 radical (unpaired) electrons. The van der Waals surface area contributed by atoms with Crippen LogP contribution < -0.4 is 0 Å². The minimum atomic E-state index is -0.632. The zero-order valence-corrected chi connectivity index (χ0v) is 19.6. The highest BCUT2D eigenvalue weighted by atomic mass is 16.5. The van der Waals surface area contributed by atoms with Crippen molar-refractivity contribution >= 4 is 5.78 Å². The van der Waals surface area contributed by atoms with Crippen LogP contribution in [0.25, 0.3) is 0 Å². The van der Waals surface area contributed by atoms with E-state index in [0.29, 0.717) is 36.2 Å². The molecule has 4 saturated carbocycles. The first kappa shape index (κ1) is 21.6. The van der Waals surface area contributed by atoms with Gasteiger partial charge in [0.15, 0.2) is 5.78 Å². The van der Waals surface area contributed by atoms with E-state index in [9.17, 15) is 9.90 Å². The summed E-state index contributed by atoms with van der Waals surface area (Å²) in [4.78, 5) is 17.4. The quantitative estimate of drug-likeness (QED) is 0.751. The second-order valence-electron chi connectivity index (χ2n) is 11.9. The lowest BCUT2D eigenvalue weighted by molar-refractivity contribution is -0.164. The van der Waals surface area contributed by atoms with E-state index in [2.05, 4.69) is 18.8 Å². The first-order chi connectivity index (χ1) is 14.8. The van der Waals surface area contributed by atoms with Gasteiger partial charge in [-0.25, -0.2) is 4.98 Å². The second kappa shape index (κ2) is 7.69. The average Bonchev–Trinajstić information content (AvgIpc) is 3.35. The van der Waals surface area contributed by atoms with E-state index in [1.165, 1.54) is 32.1 Å². The number of ketones is 1. The van der Waals surface area contributed by atoms with Gasteiger partial charge in [-0.15, -0.1) is 0 Å². The molecule has 0 aliphatic heterocycles. The molecule has 1 heterocycles. The predicted octanol–water partition coefficient (Wildman–Crippen LogP) is 4.49. The van der Waals surface area contributed by atoms with Gasteiger partial charge in [0, 0.05) is 25.4 Å². The fourth-order valence-electron chi connectivity index (χ4n) is 8.92. The zero-order chi connectivity index (χ0) is 21.9. The Morgan fingerprint density at radius 3 is 2.65 bits per heavy atom. The summed E-state index contributed by atoms with van der Waals surface area (Å²) in [6, 6.07) is 0. The lowest BCUT2D eigenvalue weighted by Gasteiger charge is -2.62. The third-order valence-corrected chi connectivity index (χ3v) is 10.5. The number of aromatic nitrogens is 2. The molecule has 4 aliphatic carbocycles. The Morgan fingerprint density at radius 1 is 1.10 bits per heavy atom. The van der Waals surface area contributed by atoms with E-state index in [-0.39, 0.29) is 11.3 Å². The Morgan fingerprint density at radius 2 is 1.90 bits per heavy atom. The monoisotopic (exact) mass is 428 g/mol. The Kier molecular flexibility index (Phi) is 5.37. The highest BCUT2D eigenvalue weighted by Gasteiger charge is 2.62. The summed E-state index contributed by atoms with van der Waals surface area (Å²) in [7, 11) is 1.70. The fraction of sp³-hybridized carbons (Fsp3) is 0.846. The highest BCUT2D eigenvalue weighted by Crippen LogP contribution is 2.68. The number of carbonyl (C=O) groups is 1. The van der Waals surface area contributed by atoms with Crippen molar-refractivity contribution in [2.75, 3.05) is 13.7 Å². The Labute approximate surface area is 187 Å². The van der Waals surface area contributed by atoms with Crippen molar-refractivity contribution in [2.24, 2.45) is 40.4 Å². The van der Waals surface area contributed by atoms with Crippen molar-refractivity contribution in [1.29, 1.82) is 0 Å². The second-order valence-corrected chi connectivity index (χ2v) is 11.9. The normalized spacial score (nSPS) is 46.8. The fourth-order valence-corrected chi connectivity index (χ4v) is 8.92. The number of aliphatic hydroxyl groups is 1. The van der Waals surface area contributed by atoms with Crippen LogP contribution in [0.1, 0.15) is 71.6 Å². The first-order valence-corrected chi connectivity index (χ1v) is 12.5. The van der Waals surface area contributed by atoms with Gasteiger partial charge < -0.3 is 14.4 Å². The van der Waals surface area contributed by atoms with E-state index in [4.69, 9.17) is 4.74 Å². The van der Waals surface area contributed by atoms with Gasteiger partial charge in [-0.2, -0.15) is 0 Å². The van der Waals surface area contributed by atoms with Gasteiger partial charge in [-0.05, 0) is 92.3 Å². The van der Waals surface area contributed by atoms with Crippen molar-refractivity contribution in [3.63, 3.8) is 0 Å². The topological polar surface area (TPSA) is 64.3 Å². The molecule has 5 rings (SSSR count). The number of imidazole rings is 1. The van der Waals surface area contributed by atoms with Crippen LogP contribution in [0.3, 0.4) is 0 Å². The van der Waals surface area contributed by atoms with Gasteiger partial charge in [-0.1, -0.05) is 13.8 Å². The van der Waals surface area contributed by atoms with Crippen molar-refractivity contribution in [1.82, 2.24) is 9.55 Å². The Hall–Kier alpha value is -1.20. The number of rotatable bonds is 5. The molecule has 31 heavy (non-hydrogen) atoms. The van der Waals surface area contributed by atoms with Crippen LogP contribution in [0.2, 0.25) is 0 Å². The Balaban J connectivity index is 1.33. The summed E-state index contributed by atoms with van der Waals surface area (Å²) < 4.78 is 7.29. The molecule has 0 aromatic carbocycles. The number of hydrogen-bond donors (Lipinski definition) is 1. The number of hydrogen-bond acceptors (Lipinski definition) is 4. The smallest absolute Gasteiger partial charge is 0.156 e. The lowest BCUT2D eigenvalue weighted by Crippen LogP contribution is -2.56. The largest absolute Gasteiger partial charge is 0.387 e. The van der Waals surface area contributed by atoms with Crippen LogP contribution in [0.15, 0.2) is 18.7 Å². The standard InChI is InChI=1S/C26H40N2O3/c1-24-10-11-26(30,16-31-3)14-18(24)4-5-19-20-6-7-22(25(20,2)9-8-21(19)24)23(29)15-28-13-12-27-17-28/h12-13,17-22,30H,4-11,14-16H2,1-3H3/t18?,19?,20?,21?,22-,24+,25+,26-/m1/s1. The summed E-state index contributed by atoms with van der Waals surface area (Å²) >= 11 is 0. The summed E-state index contributed by atoms with van der Waals surface area (Å²) in [5, 5.41) is 11.0. The van der Waals surface area contributed by atoms with Gasteiger partial charge in [0.1, 0.15) is 0 Å². The third kappa shape index (κ3) is 3.42. The van der Waals surface area contributed by atoms with Crippen molar-refractivity contribution < 1.29 is 14.6 Å². The molecule has 8 atom stereocenters. The lowest BCUT2D eigenvalue weighted by atomic mass is 9.44. The van der Waals surface area contributed by atoms with Crippen LogP contribution >= 0.6 is 0 Å². The van der Waals surface area contributed by atoms with Crippen LogP contribution in [0.4, 0.5) is 0 Å². The minimum Gasteiger partial charge on any atom is -0.387 e. The molecule has 0 bridgehead atoms. The number of Topliss-reactive ketones (excluding diaryl/α,β-unsaturated/α-hetero) is 1. The SMILES string of the molecule is COC[C@@]1(O)CC[C@@]2(C)C(CCC3C2CC[C@@]2(C)C3CC[C@@H]2C(=O)Cn2ccnc2)C1. The van der Waals surface area contributed by atoms with Gasteiger partial charge >= 0.3 is 0 Å². The molecule has 4 fully saturated rings. The number of methoxy groups -OCH3 is 1. The van der Waals surface area contributed by atoms with Crippen LogP contribution in [-0.2, 0) is 16.1 Å². The maximum Gasteiger partial charge on any atom is 0.156 e. The van der Waals surface area contributed by atoms with Crippen LogP contribution in [0, 0.1) is 40.4 Å². The summed E-state index contributed by atoms with van der Waals surface area (Å²) in [6.07, 6.45) is 15.5. The maximum absolute atomic E-state index is 13.3. The van der Waals surface area contributed by atoms with E-state index in [0.717, 1.165) is 37.5 Å². The molecule has 0 amide bonds. The first-order valence-electron chi connectivity index (χ1n) is 12.5. The van der Waals surface area contributed by atoms with E-state index < -0.39 is 5.60 Å². The van der Waals surface area contributed by atoms with E-state index in [1.54, 1.807) is 19.6 Å². The molecular weight excluding hydrogens is 388 g/mol. The maximum atomic E-state index is 13.3. The van der Waals surface area contributed by atoms with Gasteiger partial charge in [0.05, 0.1) is 25.1 Å². The molecule has 0 spiro atoms. The van der Waals surface area contributed by atoms with Crippen LogP contribution in [0.5, 0.6) is 0 Å². The van der Waals surface area contributed by atoms with Gasteiger partial charge in [-0.3, -0.25) is 4.79 Å². The van der Waals surface area contributed by atoms with Gasteiger partial charge in [0.25, 0.3) is 0 Å². The molecule has 1 aromatic heterocycles. The summed E-state index contributed by atoms with van der Waals surface area (Å²) in [5.41, 5.74) is -0.135. The molecule has 4 unspecified atom stereocenters. The molecular formula is C26H40N2O3. The van der Waals surface area contributed by atoms with Crippen molar-refractivity contribution in [3.05, 3.63) is 18.7 Å². The highest BCUT2D eigenvalue weighted by molar-refractivity contribution is 5.82. The number of carbonyl (C=O) groups excluding carboxylic acids is 1. The van der Waals surface area contributed by atoms with Gasteiger partial charge in [0.2, 0.25) is 0 Å². The number of fused-ring (bicyclic) bond motifs is 5. The number of nitrogens with zero attached hydrogens (tertiary/aromatic N) is 2. The zero-order valence-electron chi connectivity index (χ0n) is 19.6. The number of ether oxygens (including phenoxy) is 1. The van der Waals surface area contributed by atoms with E-state index >= 15 is 0 Å². The molecule has 172 valence electrons. The van der Waals surface area contributed by atoms with Crippen molar-refractivity contribution in [3.8, 4) is 0 Å². The average molecular weight is 429 g/mol. The summed E-state index contributed by atoms with van der Waals surface area (Å²) in [6.45, 7) is 5.90. The minimum absolute atomic E-state index is 0.160. The third-order valence-electron chi connectivity index (χ3n) is 10.5. The molecule has 1 N–H and O–H groups in total.